The molecule has 1 amide bonds. The van der Waals surface area contributed by atoms with E-state index in [4.69, 9.17) is 5.21 Å². The summed E-state index contributed by atoms with van der Waals surface area (Å²) in [7, 11) is -4.04. The highest BCUT2D eigenvalue weighted by atomic mass is 32.2. The summed E-state index contributed by atoms with van der Waals surface area (Å²) >= 11 is 1.16. The van der Waals surface area contributed by atoms with Gasteiger partial charge in [-0.15, -0.1) is 0 Å². The molecule has 23 heavy (non-hydrogen) atoms. The zero-order chi connectivity index (χ0) is 17.0. The maximum Gasteiger partial charge on any atom is 0.261 e. The Morgan fingerprint density at radius 1 is 1.48 bits per heavy atom. The Hall–Kier alpha value is -1.62. The van der Waals surface area contributed by atoms with Gasteiger partial charge in [0.2, 0.25) is 0 Å². The summed E-state index contributed by atoms with van der Waals surface area (Å²) in [5.74, 6) is -1.09. The van der Waals surface area contributed by atoms with Crippen LogP contribution in [-0.2, 0) is 14.8 Å². The van der Waals surface area contributed by atoms with Crippen LogP contribution >= 0.6 is 11.5 Å². The molecule has 1 unspecified atom stereocenters. The largest absolute Gasteiger partial charge is 0.289 e. The average Bonchev–Trinajstić information content (AvgIpc) is 3.00. The summed E-state index contributed by atoms with van der Waals surface area (Å²) in [5, 5.41) is 9.09. The number of carbonyl (C=O) groups excluding carboxylic acids is 1. The van der Waals surface area contributed by atoms with E-state index in [-0.39, 0.29) is 10.9 Å². The summed E-state index contributed by atoms with van der Waals surface area (Å²) in [6, 6.07) is 0.581. The van der Waals surface area contributed by atoms with Crippen LogP contribution in [0.15, 0.2) is 23.5 Å². The smallest absolute Gasteiger partial charge is 0.261 e. The molecular weight excluding hydrogens is 340 g/mol. The Morgan fingerprint density at radius 3 is 2.87 bits per heavy atom. The number of sulfonamides is 1. The fourth-order valence-electron chi connectivity index (χ4n) is 2.33. The number of aromatic nitrogens is 2. The molecule has 0 spiro atoms. The van der Waals surface area contributed by atoms with E-state index >= 15 is 0 Å². The number of pyridine rings is 1. The van der Waals surface area contributed by atoms with E-state index in [9.17, 15) is 13.2 Å². The lowest BCUT2D eigenvalue weighted by molar-refractivity contribution is -0.132. The van der Waals surface area contributed by atoms with Crippen LogP contribution in [0.2, 0.25) is 0 Å². The van der Waals surface area contributed by atoms with Crippen LogP contribution < -0.4 is 10.2 Å². The van der Waals surface area contributed by atoms with Crippen LogP contribution in [0.1, 0.15) is 26.7 Å². The Bertz CT molecular complexity index is 790. The van der Waals surface area contributed by atoms with Gasteiger partial charge < -0.3 is 0 Å². The lowest BCUT2D eigenvalue weighted by Gasteiger charge is -2.22. The van der Waals surface area contributed by atoms with E-state index < -0.39 is 22.0 Å². The topological polar surface area (TPSA) is 121 Å². The first-order valence-corrected chi connectivity index (χ1v) is 9.32. The molecule has 2 rings (SSSR count). The molecule has 2 aromatic heterocycles. The number of carbonyl (C=O) groups is 1. The van der Waals surface area contributed by atoms with Crippen molar-refractivity contribution in [2.75, 3.05) is 0 Å². The van der Waals surface area contributed by atoms with E-state index in [2.05, 4.69) is 14.1 Å². The second-order valence-electron chi connectivity index (χ2n) is 5.19. The van der Waals surface area contributed by atoms with Gasteiger partial charge in [0, 0.05) is 6.20 Å². The Labute approximate surface area is 138 Å². The summed E-state index contributed by atoms with van der Waals surface area (Å²) in [6.45, 7) is 3.67. The molecular formula is C13H18N4O4S2. The first-order valence-electron chi connectivity index (χ1n) is 7.06. The van der Waals surface area contributed by atoms with Crippen molar-refractivity contribution in [3.63, 3.8) is 0 Å². The standard InChI is InChI=1S/C13H18N4O4S2/c1-3-4-8(2)11(12(18)16-19)17-23(20,21)13-9-7-15-22-10(9)5-6-14-13/h5-8,11,17,19H,3-4H2,1-2H3,(H,16,18)/t8-,11?/m1/s1. The van der Waals surface area contributed by atoms with Gasteiger partial charge in [-0.05, 0) is 29.9 Å². The number of fused-ring (bicyclic) bond motifs is 1. The van der Waals surface area contributed by atoms with Crippen molar-refractivity contribution in [2.24, 2.45) is 5.92 Å². The molecule has 126 valence electrons. The van der Waals surface area contributed by atoms with Crippen LogP contribution in [0.25, 0.3) is 10.1 Å². The number of hydroxylamine groups is 1. The molecule has 0 saturated heterocycles. The van der Waals surface area contributed by atoms with Crippen molar-refractivity contribution in [2.45, 2.75) is 37.8 Å². The van der Waals surface area contributed by atoms with Crippen LogP contribution in [0.4, 0.5) is 0 Å². The van der Waals surface area contributed by atoms with Crippen LogP contribution in [0.3, 0.4) is 0 Å². The van der Waals surface area contributed by atoms with Crippen LogP contribution in [0, 0.1) is 5.92 Å². The Balaban J connectivity index is 2.38. The average molecular weight is 358 g/mol. The van der Waals surface area contributed by atoms with Crippen molar-refractivity contribution >= 4 is 37.5 Å². The fraction of sp³-hybridized carbons (Fsp3) is 0.462. The van der Waals surface area contributed by atoms with Gasteiger partial charge in [0.1, 0.15) is 6.04 Å². The highest BCUT2D eigenvalue weighted by Gasteiger charge is 2.31. The molecule has 0 saturated carbocycles. The van der Waals surface area contributed by atoms with Crippen molar-refractivity contribution < 1.29 is 18.4 Å². The number of rotatable bonds is 7. The Kier molecular flexibility index (Phi) is 5.63. The molecule has 0 fully saturated rings. The predicted octanol–water partition coefficient (Wildman–Crippen LogP) is 1.28. The molecule has 0 aromatic carbocycles. The molecule has 0 aliphatic heterocycles. The zero-order valence-corrected chi connectivity index (χ0v) is 14.3. The summed E-state index contributed by atoms with van der Waals surface area (Å²) in [4.78, 5) is 15.7. The lowest BCUT2D eigenvalue weighted by atomic mass is 9.97. The van der Waals surface area contributed by atoms with Gasteiger partial charge in [0.25, 0.3) is 15.9 Å². The maximum atomic E-state index is 12.6. The number of hydrogen-bond acceptors (Lipinski definition) is 7. The van der Waals surface area contributed by atoms with Gasteiger partial charge >= 0.3 is 0 Å². The second kappa shape index (κ2) is 7.30. The van der Waals surface area contributed by atoms with Crippen molar-refractivity contribution in [1.29, 1.82) is 0 Å². The van der Waals surface area contributed by atoms with E-state index in [1.807, 2.05) is 6.92 Å². The van der Waals surface area contributed by atoms with Crippen LogP contribution in [-0.4, -0.2) is 34.9 Å². The van der Waals surface area contributed by atoms with Gasteiger partial charge in [-0.1, -0.05) is 20.3 Å². The van der Waals surface area contributed by atoms with Crippen molar-refractivity contribution in [1.82, 2.24) is 19.6 Å². The molecule has 8 nitrogen and oxygen atoms in total. The normalized spacial score (nSPS) is 14.6. The van der Waals surface area contributed by atoms with E-state index in [0.717, 1.165) is 18.0 Å². The van der Waals surface area contributed by atoms with Gasteiger partial charge in [-0.3, -0.25) is 10.0 Å². The minimum atomic E-state index is -4.04. The number of amides is 1. The number of nitrogens with one attached hydrogen (secondary N) is 2. The van der Waals surface area contributed by atoms with Gasteiger partial charge in [0.15, 0.2) is 5.03 Å². The highest BCUT2D eigenvalue weighted by Crippen LogP contribution is 2.24. The van der Waals surface area contributed by atoms with Gasteiger partial charge in [0.05, 0.1) is 16.3 Å². The molecule has 10 heteroatoms. The number of nitrogens with zero attached hydrogens (tertiary/aromatic N) is 2. The third kappa shape index (κ3) is 3.83. The molecule has 2 atom stereocenters. The predicted molar refractivity (Wildman–Crippen MR) is 85.5 cm³/mol. The molecule has 0 bridgehead atoms. The Morgan fingerprint density at radius 2 is 2.22 bits per heavy atom. The first-order chi connectivity index (χ1) is 10.9. The third-order valence-corrected chi connectivity index (χ3v) is 5.65. The van der Waals surface area contributed by atoms with Gasteiger partial charge in [-0.25, -0.2) is 18.9 Å². The SMILES string of the molecule is CCC[C@@H](C)C(NS(=O)(=O)c1nccc2sncc12)C(=O)NO. The van der Waals surface area contributed by atoms with E-state index in [0.29, 0.717) is 16.5 Å². The van der Waals surface area contributed by atoms with Crippen molar-refractivity contribution in [3.8, 4) is 0 Å². The van der Waals surface area contributed by atoms with Crippen LogP contribution in [0.5, 0.6) is 0 Å². The number of hydrogen-bond donors (Lipinski definition) is 3. The second-order valence-corrected chi connectivity index (χ2v) is 7.66. The lowest BCUT2D eigenvalue weighted by Crippen LogP contribution is -2.49. The van der Waals surface area contributed by atoms with E-state index in [1.165, 1.54) is 17.9 Å². The minimum absolute atomic E-state index is 0.178. The van der Waals surface area contributed by atoms with E-state index in [1.54, 1.807) is 13.0 Å². The molecule has 0 aliphatic rings. The molecule has 0 radical (unpaired) electrons. The molecule has 0 aliphatic carbocycles. The molecule has 2 heterocycles. The maximum absolute atomic E-state index is 12.6. The van der Waals surface area contributed by atoms with Gasteiger partial charge in [-0.2, -0.15) is 9.10 Å². The minimum Gasteiger partial charge on any atom is -0.289 e. The quantitative estimate of drug-likeness (QED) is 0.506. The van der Waals surface area contributed by atoms with Crippen molar-refractivity contribution in [3.05, 3.63) is 18.5 Å². The summed E-state index contributed by atoms with van der Waals surface area (Å²) in [5.41, 5.74) is 1.51. The third-order valence-electron chi connectivity index (χ3n) is 3.49. The highest BCUT2D eigenvalue weighted by molar-refractivity contribution is 7.89. The molecule has 3 N–H and O–H groups in total. The monoisotopic (exact) mass is 358 g/mol. The molecule has 2 aromatic rings. The summed E-state index contributed by atoms with van der Waals surface area (Å²) in [6.07, 6.45) is 4.21. The summed E-state index contributed by atoms with van der Waals surface area (Å²) < 4.78 is 32.2. The fourth-order valence-corrected chi connectivity index (χ4v) is 4.47. The first kappa shape index (κ1) is 17.7. The zero-order valence-electron chi connectivity index (χ0n) is 12.7.